The molecule has 2 fully saturated rings. The lowest BCUT2D eigenvalue weighted by Gasteiger charge is -2.62. The highest BCUT2D eigenvalue weighted by Crippen LogP contribution is 2.72. The van der Waals surface area contributed by atoms with Crippen LogP contribution in [0.3, 0.4) is 0 Å². The van der Waals surface area contributed by atoms with Crippen LogP contribution >= 0.6 is 0 Å². The molecule has 7 atom stereocenters. The summed E-state index contributed by atoms with van der Waals surface area (Å²) < 4.78 is 6.41. The molecule has 0 N–H and O–H groups in total. The van der Waals surface area contributed by atoms with Crippen molar-refractivity contribution in [2.45, 2.75) is 261 Å². The SMILES string of the molecule is CCCCCCCCCCCCCCCCCCCCCC(=O)O[C@H]1CC[C@]2(C)C3=C(CC[C@H]2C1(C)C)[C@]1(C)CC[C@H]([C@H](C)CCC=C(C)C)[C@@]1(C)CC3. The molecule has 0 radical (unpaired) electrons. The number of esters is 1. The van der Waals surface area contributed by atoms with Crippen LogP contribution in [0, 0.1) is 39.4 Å². The van der Waals surface area contributed by atoms with Crippen LogP contribution in [0.2, 0.25) is 0 Å². The minimum absolute atomic E-state index is 0.0219. The number of allylic oxidation sites excluding steroid dienone is 4. The quantitative estimate of drug-likeness (QED) is 0.0528. The van der Waals surface area contributed by atoms with Crippen LogP contribution in [0.25, 0.3) is 0 Å². The van der Waals surface area contributed by atoms with Crippen molar-refractivity contribution >= 4 is 5.97 Å². The Morgan fingerprint density at radius 1 is 0.685 bits per heavy atom. The molecule has 312 valence electrons. The van der Waals surface area contributed by atoms with Crippen LogP contribution < -0.4 is 0 Å². The summed E-state index contributed by atoms with van der Waals surface area (Å²) >= 11 is 0. The maximum atomic E-state index is 13.2. The van der Waals surface area contributed by atoms with Crippen molar-refractivity contribution in [1.29, 1.82) is 0 Å². The van der Waals surface area contributed by atoms with Crippen molar-refractivity contribution < 1.29 is 9.53 Å². The summed E-state index contributed by atoms with van der Waals surface area (Å²) in [5, 5.41) is 0. The molecule has 54 heavy (non-hydrogen) atoms. The highest BCUT2D eigenvalue weighted by atomic mass is 16.5. The average molecular weight is 749 g/mol. The number of unbranched alkanes of at least 4 members (excludes halogenated alkanes) is 18. The number of hydrogen-bond donors (Lipinski definition) is 0. The Hall–Kier alpha value is -1.05. The maximum absolute atomic E-state index is 13.2. The molecule has 0 unspecified atom stereocenters. The second-order valence-electron chi connectivity index (χ2n) is 21.1. The molecule has 2 saturated carbocycles. The molecule has 4 aliphatic rings. The summed E-state index contributed by atoms with van der Waals surface area (Å²) in [7, 11) is 0. The van der Waals surface area contributed by atoms with Gasteiger partial charge in [-0.2, -0.15) is 0 Å². The van der Waals surface area contributed by atoms with Gasteiger partial charge in [-0.25, -0.2) is 0 Å². The zero-order valence-corrected chi connectivity index (χ0v) is 37.9. The molecule has 0 aromatic rings. The van der Waals surface area contributed by atoms with Gasteiger partial charge in [0.1, 0.15) is 6.10 Å². The Balaban J connectivity index is 1.12. The number of hydrogen-bond acceptors (Lipinski definition) is 2. The largest absolute Gasteiger partial charge is 0.462 e. The van der Waals surface area contributed by atoms with E-state index in [4.69, 9.17) is 4.74 Å². The standard InChI is InChI=1S/C52H92O2/c1-10-11-12-13-14-15-16-17-18-19-20-21-22-23-24-25-26-27-28-32-48(53)54-47-37-38-50(7)44-36-40-51(8)43(42(4)31-29-30-41(2)3)35-39-52(51,9)45(44)33-34-46(50)49(47,5)6/h30,42-43,46-47H,10-29,31-40H2,1-9H3/t42-,43-,46+,47+,50-,51-,52+/m1/s1. The lowest BCUT2D eigenvalue weighted by Crippen LogP contribution is -2.55. The molecule has 0 heterocycles. The Labute approximate surface area is 337 Å². The molecule has 2 heteroatoms. The summed E-state index contributed by atoms with van der Waals surface area (Å²) in [6.45, 7) is 22.3. The molecule has 2 nitrogen and oxygen atoms in total. The number of rotatable bonds is 25. The predicted octanol–water partition coefficient (Wildman–Crippen LogP) is 16.9. The first-order valence-corrected chi connectivity index (χ1v) is 24.4. The van der Waals surface area contributed by atoms with Gasteiger partial charge in [0.05, 0.1) is 0 Å². The zero-order valence-electron chi connectivity index (χ0n) is 37.9. The van der Waals surface area contributed by atoms with Crippen LogP contribution in [0.5, 0.6) is 0 Å². The Morgan fingerprint density at radius 2 is 1.22 bits per heavy atom. The second-order valence-corrected chi connectivity index (χ2v) is 21.1. The average Bonchev–Trinajstić information content (AvgIpc) is 3.41. The van der Waals surface area contributed by atoms with Crippen molar-refractivity contribution in [3.05, 3.63) is 22.8 Å². The molecule has 0 bridgehead atoms. The third kappa shape index (κ3) is 11.3. The van der Waals surface area contributed by atoms with Crippen LogP contribution in [-0.2, 0) is 9.53 Å². The molecule has 0 spiro atoms. The van der Waals surface area contributed by atoms with E-state index in [9.17, 15) is 4.79 Å². The first-order valence-electron chi connectivity index (χ1n) is 24.4. The minimum Gasteiger partial charge on any atom is -0.462 e. The van der Waals surface area contributed by atoms with Gasteiger partial charge < -0.3 is 4.74 Å². The molecular formula is C52H92O2. The van der Waals surface area contributed by atoms with Gasteiger partial charge in [0, 0.05) is 11.8 Å². The second kappa shape index (κ2) is 21.6. The summed E-state index contributed by atoms with van der Waals surface area (Å²) in [6, 6.07) is 0. The summed E-state index contributed by atoms with van der Waals surface area (Å²) in [5.41, 5.74) is 6.24. The van der Waals surface area contributed by atoms with Gasteiger partial charge in [0.2, 0.25) is 0 Å². The van der Waals surface area contributed by atoms with Crippen LogP contribution in [0.1, 0.15) is 255 Å². The topological polar surface area (TPSA) is 26.3 Å². The minimum atomic E-state index is 0.0219. The van der Waals surface area contributed by atoms with E-state index in [1.54, 1.807) is 0 Å². The molecule has 0 saturated heterocycles. The highest BCUT2D eigenvalue weighted by Gasteiger charge is 2.63. The number of ether oxygens (including phenoxy) is 1. The predicted molar refractivity (Wildman–Crippen MR) is 235 cm³/mol. The third-order valence-electron chi connectivity index (χ3n) is 16.9. The fourth-order valence-corrected chi connectivity index (χ4v) is 13.2. The van der Waals surface area contributed by atoms with Crippen molar-refractivity contribution in [2.75, 3.05) is 0 Å². The molecule has 4 aliphatic carbocycles. The Morgan fingerprint density at radius 3 is 1.76 bits per heavy atom. The van der Waals surface area contributed by atoms with Crippen LogP contribution in [0.15, 0.2) is 22.8 Å². The van der Waals surface area contributed by atoms with E-state index in [1.165, 1.54) is 179 Å². The fraction of sp³-hybridized carbons (Fsp3) is 0.904. The van der Waals surface area contributed by atoms with Gasteiger partial charge in [-0.1, -0.05) is 187 Å². The van der Waals surface area contributed by atoms with E-state index in [1.807, 2.05) is 11.1 Å². The van der Waals surface area contributed by atoms with Crippen molar-refractivity contribution in [3.63, 3.8) is 0 Å². The Bertz CT molecular complexity index is 1190. The van der Waals surface area contributed by atoms with Gasteiger partial charge >= 0.3 is 5.97 Å². The lowest BCUT2D eigenvalue weighted by molar-refractivity contribution is -0.170. The van der Waals surface area contributed by atoms with Gasteiger partial charge in [-0.15, -0.1) is 0 Å². The van der Waals surface area contributed by atoms with E-state index in [-0.39, 0.29) is 22.9 Å². The van der Waals surface area contributed by atoms with E-state index in [2.05, 4.69) is 68.4 Å². The molecule has 0 amide bonds. The van der Waals surface area contributed by atoms with Crippen molar-refractivity contribution in [3.8, 4) is 0 Å². The van der Waals surface area contributed by atoms with Crippen molar-refractivity contribution in [2.24, 2.45) is 39.4 Å². The monoisotopic (exact) mass is 749 g/mol. The third-order valence-corrected chi connectivity index (χ3v) is 16.9. The van der Waals surface area contributed by atoms with E-state index in [0.717, 1.165) is 24.7 Å². The van der Waals surface area contributed by atoms with Crippen LogP contribution in [-0.4, -0.2) is 12.1 Å². The van der Waals surface area contributed by atoms with Crippen molar-refractivity contribution in [1.82, 2.24) is 0 Å². The number of fused-ring (bicyclic) bond motifs is 4. The molecular weight excluding hydrogens is 657 g/mol. The van der Waals surface area contributed by atoms with Gasteiger partial charge in [-0.3, -0.25) is 4.79 Å². The lowest BCUT2D eigenvalue weighted by atomic mass is 9.43. The Kier molecular flexibility index (Phi) is 18.3. The first-order chi connectivity index (χ1) is 25.8. The summed E-state index contributed by atoms with van der Waals surface area (Å²) in [4.78, 5) is 13.2. The van der Waals surface area contributed by atoms with E-state index in [0.29, 0.717) is 23.2 Å². The molecule has 0 aromatic carbocycles. The summed E-state index contributed by atoms with van der Waals surface area (Å²) in [6.07, 6.45) is 42.1. The first kappa shape index (κ1) is 45.6. The summed E-state index contributed by atoms with van der Waals surface area (Å²) in [5.74, 6) is 2.30. The fourth-order valence-electron chi connectivity index (χ4n) is 13.2. The van der Waals surface area contributed by atoms with Crippen LogP contribution in [0.4, 0.5) is 0 Å². The molecule has 4 rings (SSSR count). The zero-order chi connectivity index (χ0) is 39.2. The maximum Gasteiger partial charge on any atom is 0.306 e. The molecule has 0 aromatic heterocycles. The smallest absolute Gasteiger partial charge is 0.306 e. The molecule has 0 aliphatic heterocycles. The van der Waals surface area contributed by atoms with Gasteiger partial charge in [-0.05, 0) is 118 Å². The van der Waals surface area contributed by atoms with Gasteiger partial charge in [0.25, 0.3) is 0 Å². The number of carbonyl (C=O) groups is 1. The van der Waals surface area contributed by atoms with Gasteiger partial charge in [0.15, 0.2) is 0 Å². The number of carbonyl (C=O) groups excluding carboxylic acids is 1. The van der Waals surface area contributed by atoms with E-state index < -0.39 is 0 Å². The highest BCUT2D eigenvalue weighted by molar-refractivity contribution is 5.69. The normalized spacial score (nSPS) is 30.7. The van der Waals surface area contributed by atoms with E-state index >= 15 is 0 Å².